The number of benzene rings is 8. The Bertz CT molecular complexity index is 2780. The molecular weight excluding hydrogens is 641 g/mol. The molecule has 0 fully saturated rings. The van der Waals surface area contributed by atoms with E-state index in [-0.39, 0.29) is 5.41 Å². The molecule has 2 heteroatoms. The first kappa shape index (κ1) is 31.1. The standard InChI is InChI=1S/C51H38N2/c1-51(2)45-24-14-12-22-41(45)42-31-30-40(34-46(42)51)52(39-28-26-36(27-29-39)35-16-6-3-7-17-35)48-33-32-44-43-23-13-15-25-47(43)53(38-20-10-5-11-21-38)50(44)49(48)37-18-8-4-9-19-37/h3-34H,1-2H3. The third kappa shape index (κ3) is 4.94. The average molecular weight is 679 g/mol. The second-order valence-electron chi connectivity index (χ2n) is 14.6. The lowest BCUT2D eigenvalue weighted by atomic mass is 9.82. The van der Waals surface area contributed by atoms with Gasteiger partial charge in [0.2, 0.25) is 0 Å². The van der Waals surface area contributed by atoms with Gasteiger partial charge in [0.25, 0.3) is 0 Å². The Kier molecular flexibility index (Phi) is 7.19. The van der Waals surface area contributed by atoms with Gasteiger partial charge >= 0.3 is 0 Å². The smallest absolute Gasteiger partial charge is 0.0640 e. The largest absolute Gasteiger partial charge is 0.310 e. The summed E-state index contributed by atoms with van der Waals surface area (Å²) in [5, 5.41) is 2.47. The van der Waals surface area contributed by atoms with Gasteiger partial charge in [-0.25, -0.2) is 0 Å². The predicted octanol–water partition coefficient (Wildman–Crippen LogP) is 13.9. The van der Waals surface area contributed by atoms with Gasteiger partial charge in [0, 0.05) is 38.8 Å². The van der Waals surface area contributed by atoms with E-state index in [4.69, 9.17) is 0 Å². The minimum absolute atomic E-state index is 0.128. The highest BCUT2D eigenvalue weighted by Crippen LogP contribution is 2.52. The summed E-state index contributed by atoms with van der Waals surface area (Å²) in [6.07, 6.45) is 0. The number of hydrogen-bond acceptors (Lipinski definition) is 1. The van der Waals surface area contributed by atoms with Crippen LogP contribution in [0.3, 0.4) is 0 Å². The minimum Gasteiger partial charge on any atom is -0.310 e. The molecule has 0 aliphatic heterocycles. The fourth-order valence-corrected chi connectivity index (χ4v) is 8.66. The van der Waals surface area contributed by atoms with E-state index < -0.39 is 0 Å². The molecule has 0 unspecified atom stereocenters. The highest BCUT2D eigenvalue weighted by atomic mass is 15.1. The lowest BCUT2D eigenvalue weighted by Gasteiger charge is -2.30. The number of aromatic nitrogens is 1. The molecule has 0 amide bonds. The van der Waals surface area contributed by atoms with E-state index in [1.165, 1.54) is 66.3 Å². The quantitative estimate of drug-likeness (QED) is 0.170. The Morgan fingerprint density at radius 2 is 1.02 bits per heavy atom. The first-order valence-electron chi connectivity index (χ1n) is 18.4. The van der Waals surface area contributed by atoms with Crippen molar-refractivity contribution in [2.45, 2.75) is 19.3 Å². The van der Waals surface area contributed by atoms with Gasteiger partial charge in [-0.1, -0.05) is 159 Å². The van der Waals surface area contributed by atoms with Crippen LogP contribution < -0.4 is 4.90 Å². The minimum atomic E-state index is -0.128. The summed E-state index contributed by atoms with van der Waals surface area (Å²) in [5.41, 5.74) is 16.9. The average Bonchev–Trinajstić information content (AvgIpc) is 3.67. The van der Waals surface area contributed by atoms with Crippen LogP contribution in [0.4, 0.5) is 17.1 Å². The number of para-hydroxylation sites is 2. The molecule has 8 aromatic carbocycles. The van der Waals surface area contributed by atoms with E-state index in [0.29, 0.717) is 0 Å². The van der Waals surface area contributed by atoms with Crippen LogP contribution in [0.2, 0.25) is 0 Å². The Balaban J connectivity index is 1.29. The Labute approximate surface area is 310 Å². The van der Waals surface area contributed by atoms with Gasteiger partial charge < -0.3 is 9.47 Å². The fraction of sp³-hybridized carbons (Fsp3) is 0.0588. The summed E-state index contributed by atoms with van der Waals surface area (Å²) in [6.45, 7) is 4.72. The van der Waals surface area contributed by atoms with E-state index in [0.717, 1.165) is 22.7 Å². The van der Waals surface area contributed by atoms with Crippen molar-refractivity contribution >= 4 is 38.9 Å². The monoisotopic (exact) mass is 678 g/mol. The maximum Gasteiger partial charge on any atom is 0.0640 e. The van der Waals surface area contributed by atoms with Gasteiger partial charge in [-0.3, -0.25) is 0 Å². The summed E-state index contributed by atoms with van der Waals surface area (Å²) < 4.78 is 2.45. The van der Waals surface area contributed by atoms with E-state index in [1.807, 2.05) is 0 Å². The van der Waals surface area contributed by atoms with Crippen LogP contribution >= 0.6 is 0 Å². The zero-order valence-electron chi connectivity index (χ0n) is 29.9. The van der Waals surface area contributed by atoms with Crippen LogP contribution in [-0.2, 0) is 5.41 Å². The number of nitrogens with zero attached hydrogens (tertiary/aromatic N) is 2. The number of rotatable bonds is 6. The lowest BCUT2D eigenvalue weighted by Crippen LogP contribution is -2.17. The van der Waals surface area contributed by atoms with Crippen molar-refractivity contribution < 1.29 is 0 Å². The van der Waals surface area contributed by atoms with Gasteiger partial charge in [-0.15, -0.1) is 0 Å². The highest BCUT2D eigenvalue weighted by Gasteiger charge is 2.36. The first-order valence-corrected chi connectivity index (χ1v) is 18.4. The van der Waals surface area contributed by atoms with Crippen LogP contribution in [-0.4, -0.2) is 4.57 Å². The van der Waals surface area contributed by atoms with E-state index in [2.05, 4.69) is 217 Å². The van der Waals surface area contributed by atoms with Gasteiger partial charge in [-0.2, -0.15) is 0 Å². The van der Waals surface area contributed by atoms with Gasteiger partial charge in [0.05, 0.1) is 16.7 Å². The number of anilines is 3. The van der Waals surface area contributed by atoms with Crippen LogP contribution in [0.1, 0.15) is 25.0 Å². The van der Waals surface area contributed by atoms with Gasteiger partial charge in [0.15, 0.2) is 0 Å². The number of hydrogen-bond donors (Lipinski definition) is 0. The Hall–Kier alpha value is -6.64. The molecular formula is C51H38N2. The van der Waals surface area contributed by atoms with Crippen molar-refractivity contribution in [2.24, 2.45) is 0 Å². The van der Waals surface area contributed by atoms with Crippen molar-refractivity contribution in [3.63, 3.8) is 0 Å². The van der Waals surface area contributed by atoms with Crippen molar-refractivity contribution in [3.05, 3.63) is 205 Å². The molecule has 0 spiro atoms. The van der Waals surface area contributed by atoms with Crippen molar-refractivity contribution in [1.82, 2.24) is 4.57 Å². The number of fused-ring (bicyclic) bond motifs is 6. The molecule has 1 aliphatic carbocycles. The van der Waals surface area contributed by atoms with Crippen molar-refractivity contribution in [1.29, 1.82) is 0 Å². The SMILES string of the molecule is CC1(C)c2ccccc2-c2ccc(N(c3ccc(-c4ccccc4)cc3)c3ccc4c5ccccc5n(-c5ccccc5)c4c3-c3ccccc3)cc21. The second-order valence-corrected chi connectivity index (χ2v) is 14.6. The Morgan fingerprint density at radius 1 is 0.434 bits per heavy atom. The molecule has 53 heavy (non-hydrogen) atoms. The van der Waals surface area contributed by atoms with Crippen LogP contribution in [0.5, 0.6) is 0 Å². The summed E-state index contributed by atoms with van der Waals surface area (Å²) in [5.74, 6) is 0. The molecule has 2 nitrogen and oxygen atoms in total. The predicted molar refractivity (Wildman–Crippen MR) is 224 cm³/mol. The third-order valence-electron chi connectivity index (χ3n) is 11.2. The topological polar surface area (TPSA) is 8.17 Å². The maximum absolute atomic E-state index is 2.48. The molecule has 9 aromatic rings. The summed E-state index contributed by atoms with van der Waals surface area (Å²) >= 11 is 0. The molecule has 0 radical (unpaired) electrons. The Morgan fingerprint density at radius 3 is 1.77 bits per heavy atom. The van der Waals surface area contributed by atoms with Crippen LogP contribution in [0.25, 0.3) is 60.9 Å². The molecule has 0 bridgehead atoms. The van der Waals surface area contributed by atoms with Crippen molar-refractivity contribution in [3.8, 4) is 39.1 Å². The third-order valence-corrected chi connectivity index (χ3v) is 11.2. The van der Waals surface area contributed by atoms with Crippen molar-refractivity contribution in [2.75, 3.05) is 4.90 Å². The summed E-state index contributed by atoms with van der Waals surface area (Å²) in [6, 6.07) is 70.9. The highest BCUT2D eigenvalue weighted by molar-refractivity contribution is 6.17. The molecule has 0 saturated heterocycles. The van der Waals surface area contributed by atoms with Gasteiger partial charge in [0.1, 0.15) is 0 Å². The maximum atomic E-state index is 2.48. The molecule has 10 rings (SSSR count). The molecule has 252 valence electrons. The lowest BCUT2D eigenvalue weighted by molar-refractivity contribution is 0.660. The molecule has 1 heterocycles. The molecule has 0 N–H and O–H groups in total. The summed E-state index contributed by atoms with van der Waals surface area (Å²) in [7, 11) is 0. The first-order chi connectivity index (χ1) is 26.1. The second kappa shape index (κ2) is 12.3. The van der Waals surface area contributed by atoms with Gasteiger partial charge in [-0.05, 0) is 87.5 Å². The molecule has 0 atom stereocenters. The molecule has 1 aromatic heterocycles. The molecule has 1 aliphatic rings. The van der Waals surface area contributed by atoms with Crippen LogP contribution in [0, 0.1) is 0 Å². The normalized spacial score (nSPS) is 12.9. The molecule has 0 saturated carbocycles. The van der Waals surface area contributed by atoms with E-state index >= 15 is 0 Å². The van der Waals surface area contributed by atoms with E-state index in [9.17, 15) is 0 Å². The van der Waals surface area contributed by atoms with Crippen LogP contribution in [0.15, 0.2) is 194 Å². The van der Waals surface area contributed by atoms with E-state index in [1.54, 1.807) is 0 Å². The zero-order valence-corrected chi connectivity index (χ0v) is 29.9. The summed E-state index contributed by atoms with van der Waals surface area (Å²) in [4.78, 5) is 2.48. The fourth-order valence-electron chi connectivity index (χ4n) is 8.66. The zero-order chi connectivity index (χ0) is 35.5.